The fourth-order valence-electron chi connectivity index (χ4n) is 3.50. The largest absolute Gasteiger partial charge is 0.354 e. The van der Waals surface area contributed by atoms with Gasteiger partial charge in [0.05, 0.1) is 5.52 Å². The van der Waals surface area contributed by atoms with E-state index in [0.29, 0.717) is 6.04 Å². The van der Waals surface area contributed by atoms with Crippen LogP contribution in [0.2, 0.25) is 0 Å². The summed E-state index contributed by atoms with van der Waals surface area (Å²) in [5, 5.41) is 1.12. The van der Waals surface area contributed by atoms with Crippen LogP contribution in [-0.2, 0) is 0 Å². The summed E-state index contributed by atoms with van der Waals surface area (Å²) in [7, 11) is 4.32. The van der Waals surface area contributed by atoms with Crippen molar-refractivity contribution in [3.8, 4) is 11.4 Å². The van der Waals surface area contributed by atoms with Crippen molar-refractivity contribution in [2.24, 2.45) is 0 Å². The molecule has 1 unspecified atom stereocenters. The number of piperidine rings is 1. The van der Waals surface area contributed by atoms with Gasteiger partial charge in [-0.05, 0) is 51.2 Å². The molecule has 3 aromatic rings. The van der Waals surface area contributed by atoms with Gasteiger partial charge in [-0.2, -0.15) is 0 Å². The van der Waals surface area contributed by atoms with Crippen molar-refractivity contribution in [1.29, 1.82) is 0 Å². The van der Waals surface area contributed by atoms with Crippen LogP contribution >= 0.6 is 0 Å². The number of hydrogen-bond acceptors (Lipinski definition) is 5. The third-order valence-corrected chi connectivity index (χ3v) is 4.95. The van der Waals surface area contributed by atoms with Crippen LogP contribution in [0.15, 0.2) is 48.8 Å². The molecule has 1 atom stereocenters. The fraction of sp³-hybridized carbons (Fsp3) is 0.350. The lowest BCUT2D eigenvalue weighted by atomic mass is 10.0. The first kappa shape index (κ1) is 16.0. The van der Waals surface area contributed by atoms with Gasteiger partial charge in [0.1, 0.15) is 5.82 Å². The van der Waals surface area contributed by atoms with Gasteiger partial charge in [0.25, 0.3) is 0 Å². The highest BCUT2D eigenvalue weighted by Gasteiger charge is 2.24. The lowest BCUT2D eigenvalue weighted by Gasteiger charge is -2.37. The highest BCUT2D eigenvalue weighted by molar-refractivity contribution is 5.91. The third-order valence-electron chi connectivity index (χ3n) is 4.95. The third kappa shape index (κ3) is 3.20. The summed E-state index contributed by atoms with van der Waals surface area (Å²) in [5.41, 5.74) is 1.99. The lowest BCUT2D eigenvalue weighted by Crippen LogP contribution is -2.45. The molecule has 0 N–H and O–H groups in total. The summed E-state index contributed by atoms with van der Waals surface area (Å²) < 4.78 is 0. The van der Waals surface area contributed by atoms with E-state index in [0.717, 1.165) is 41.2 Å². The zero-order valence-electron chi connectivity index (χ0n) is 14.8. The Kier molecular flexibility index (Phi) is 4.32. The Morgan fingerprint density at radius 3 is 2.64 bits per heavy atom. The first-order valence-corrected chi connectivity index (χ1v) is 8.81. The first-order valence-electron chi connectivity index (χ1n) is 8.81. The molecule has 0 bridgehead atoms. The van der Waals surface area contributed by atoms with Crippen molar-refractivity contribution in [1.82, 2.24) is 19.9 Å². The molecule has 3 heterocycles. The van der Waals surface area contributed by atoms with Crippen LogP contribution in [-0.4, -0.2) is 53.1 Å². The van der Waals surface area contributed by atoms with E-state index in [4.69, 9.17) is 9.97 Å². The second-order valence-corrected chi connectivity index (χ2v) is 6.83. The Morgan fingerprint density at radius 2 is 1.84 bits per heavy atom. The standard InChI is InChI=1S/C20H23N5/c1-24(2)16-6-5-13-25(14-16)20-17-7-3-4-8-18(17)22-19(23-20)15-9-11-21-12-10-15/h3-4,7-12,16H,5-6,13-14H2,1-2H3. The van der Waals surface area contributed by atoms with Gasteiger partial charge in [-0.25, -0.2) is 9.97 Å². The van der Waals surface area contributed by atoms with Crippen LogP contribution in [0.3, 0.4) is 0 Å². The van der Waals surface area contributed by atoms with E-state index >= 15 is 0 Å². The molecule has 1 fully saturated rings. The lowest BCUT2D eigenvalue weighted by molar-refractivity contribution is 0.257. The zero-order valence-corrected chi connectivity index (χ0v) is 14.8. The van der Waals surface area contributed by atoms with E-state index in [1.54, 1.807) is 12.4 Å². The Morgan fingerprint density at radius 1 is 1.04 bits per heavy atom. The molecule has 1 aliphatic heterocycles. The summed E-state index contributed by atoms with van der Waals surface area (Å²) in [4.78, 5) is 18.6. The summed E-state index contributed by atoms with van der Waals surface area (Å²) >= 11 is 0. The maximum absolute atomic E-state index is 4.96. The molecular formula is C20H23N5. The number of hydrogen-bond donors (Lipinski definition) is 0. The topological polar surface area (TPSA) is 45.2 Å². The second kappa shape index (κ2) is 6.76. The van der Waals surface area contributed by atoms with E-state index in [9.17, 15) is 0 Å². The van der Waals surface area contributed by atoms with Crippen LogP contribution in [0.5, 0.6) is 0 Å². The molecule has 25 heavy (non-hydrogen) atoms. The molecule has 1 aromatic carbocycles. The molecule has 1 saturated heterocycles. The van der Waals surface area contributed by atoms with Gasteiger partial charge in [-0.1, -0.05) is 12.1 Å². The molecule has 5 heteroatoms. The van der Waals surface area contributed by atoms with Crippen molar-refractivity contribution in [3.63, 3.8) is 0 Å². The van der Waals surface area contributed by atoms with Gasteiger partial charge in [-0.15, -0.1) is 0 Å². The summed E-state index contributed by atoms with van der Waals surface area (Å²) in [6, 6.07) is 12.8. The summed E-state index contributed by atoms with van der Waals surface area (Å²) in [6.45, 7) is 2.05. The number of benzene rings is 1. The quantitative estimate of drug-likeness (QED) is 0.736. The van der Waals surface area contributed by atoms with E-state index in [1.165, 1.54) is 12.8 Å². The predicted molar refractivity (Wildman–Crippen MR) is 102 cm³/mol. The number of nitrogens with zero attached hydrogens (tertiary/aromatic N) is 5. The number of para-hydroxylation sites is 1. The number of anilines is 1. The first-order chi connectivity index (χ1) is 12.2. The minimum Gasteiger partial charge on any atom is -0.354 e. The van der Waals surface area contributed by atoms with Gasteiger partial charge in [0.2, 0.25) is 0 Å². The minimum absolute atomic E-state index is 0.562. The number of fused-ring (bicyclic) bond motifs is 1. The molecule has 128 valence electrons. The molecule has 0 radical (unpaired) electrons. The monoisotopic (exact) mass is 333 g/mol. The molecular weight excluding hydrogens is 310 g/mol. The van der Waals surface area contributed by atoms with Crippen LogP contribution in [0, 0.1) is 0 Å². The maximum Gasteiger partial charge on any atom is 0.162 e. The fourth-order valence-corrected chi connectivity index (χ4v) is 3.50. The van der Waals surface area contributed by atoms with Crippen LogP contribution in [0.1, 0.15) is 12.8 Å². The number of likely N-dealkylation sites (N-methyl/N-ethyl adjacent to an activating group) is 1. The average molecular weight is 333 g/mol. The van der Waals surface area contributed by atoms with Crippen LogP contribution in [0.25, 0.3) is 22.3 Å². The molecule has 0 aliphatic carbocycles. The van der Waals surface area contributed by atoms with E-state index in [1.807, 2.05) is 18.2 Å². The van der Waals surface area contributed by atoms with Gasteiger partial charge < -0.3 is 9.80 Å². The molecule has 1 aliphatic rings. The number of aromatic nitrogens is 3. The number of pyridine rings is 1. The molecule has 0 saturated carbocycles. The van der Waals surface area contributed by atoms with Crippen molar-refractivity contribution in [2.75, 3.05) is 32.1 Å². The second-order valence-electron chi connectivity index (χ2n) is 6.83. The van der Waals surface area contributed by atoms with Crippen molar-refractivity contribution >= 4 is 16.7 Å². The minimum atomic E-state index is 0.562. The van der Waals surface area contributed by atoms with E-state index < -0.39 is 0 Å². The molecule has 4 rings (SSSR count). The zero-order chi connectivity index (χ0) is 17.2. The highest BCUT2D eigenvalue weighted by atomic mass is 15.2. The smallest absolute Gasteiger partial charge is 0.162 e. The van der Waals surface area contributed by atoms with E-state index in [-0.39, 0.29) is 0 Å². The molecule has 5 nitrogen and oxygen atoms in total. The maximum atomic E-state index is 4.96. The van der Waals surface area contributed by atoms with Crippen molar-refractivity contribution < 1.29 is 0 Å². The summed E-state index contributed by atoms with van der Waals surface area (Å²) in [6.07, 6.45) is 6.00. The Bertz CT molecular complexity index is 862. The van der Waals surface area contributed by atoms with Crippen molar-refractivity contribution in [3.05, 3.63) is 48.8 Å². The Labute approximate surface area is 148 Å². The van der Waals surface area contributed by atoms with Crippen molar-refractivity contribution in [2.45, 2.75) is 18.9 Å². The normalized spacial score (nSPS) is 18.0. The van der Waals surface area contributed by atoms with Gasteiger partial charge in [-0.3, -0.25) is 4.98 Å². The molecule has 0 amide bonds. The molecule has 0 spiro atoms. The predicted octanol–water partition coefficient (Wildman–Crippen LogP) is 3.22. The van der Waals surface area contributed by atoms with Gasteiger partial charge in [0.15, 0.2) is 5.82 Å². The van der Waals surface area contributed by atoms with Gasteiger partial charge >= 0.3 is 0 Å². The molecule has 2 aromatic heterocycles. The average Bonchev–Trinajstić information content (AvgIpc) is 2.68. The van der Waals surface area contributed by atoms with Crippen LogP contribution in [0.4, 0.5) is 5.82 Å². The summed E-state index contributed by atoms with van der Waals surface area (Å²) in [5.74, 6) is 1.81. The van der Waals surface area contributed by atoms with E-state index in [2.05, 4.69) is 47.1 Å². The SMILES string of the molecule is CN(C)C1CCCN(c2nc(-c3ccncc3)nc3ccccc23)C1. The number of rotatable bonds is 3. The van der Waals surface area contributed by atoms with Gasteiger partial charge in [0, 0.05) is 42.5 Å². The van der Waals surface area contributed by atoms with Crippen LogP contribution < -0.4 is 4.90 Å². The Balaban J connectivity index is 1.81. The highest BCUT2D eigenvalue weighted by Crippen LogP contribution is 2.29. The Hall–Kier alpha value is -2.53.